The first-order chi connectivity index (χ1) is 16.4. The van der Waals surface area contributed by atoms with Crippen molar-refractivity contribution in [2.75, 3.05) is 43.1 Å². The van der Waals surface area contributed by atoms with Crippen LogP contribution in [0, 0.1) is 13.8 Å². The molecule has 178 valence electrons. The van der Waals surface area contributed by atoms with Crippen molar-refractivity contribution < 1.29 is 9.53 Å². The van der Waals surface area contributed by atoms with Crippen LogP contribution in [0.2, 0.25) is 0 Å². The van der Waals surface area contributed by atoms with E-state index in [2.05, 4.69) is 49.8 Å². The van der Waals surface area contributed by atoms with Gasteiger partial charge in [0.15, 0.2) is 0 Å². The van der Waals surface area contributed by atoms with Crippen LogP contribution in [0.1, 0.15) is 20.9 Å². The number of aryl methyl sites for hydroxylation is 2. The number of carbonyl (C=O) groups excluding carboxylic acids is 1. The van der Waals surface area contributed by atoms with E-state index in [0.717, 1.165) is 37.4 Å². The molecule has 0 saturated carbocycles. The summed E-state index contributed by atoms with van der Waals surface area (Å²) >= 11 is 3.23. The van der Waals surface area contributed by atoms with Gasteiger partial charge in [-0.05, 0) is 54.4 Å². The average Bonchev–Trinajstić information content (AvgIpc) is 3.50. The SMILES string of the molecule is COC(=O)c1ccc(N2CCN(c3nc4ccsc4c(=O)n3C)CC2)cn1.Cc1ccsc1C. The zero-order valence-electron chi connectivity index (χ0n) is 19.6. The first kappa shape index (κ1) is 23.9. The number of ether oxygens (including phenoxy) is 1. The summed E-state index contributed by atoms with van der Waals surface area (Å²) in [6.45, 7) is 7.31. The summed E-state index contributed by atoms with van der Waals surface area (Å²) < 4.78 is 6.99. The maximum atomic E-state index is 12.5. The normalized spacial score (nSPS) is 13.5. The Morgan fingerprint density at radius 3 is 2.26 bits per heavy atom. The van der Waals surface area contributed by atoms with Crippen LogP contribution < -0.4 is 15.4 Å². The van der Waals surface area contributed by atoms with E-state index >= 15 is 0 Å². The van der Waals surface area contributed by atoms with E-state index in [1.54, 1.807) is 35.2 Å². The van der Waals surface area contributed by atoms with Crippen LogP contribution in [-0.4, -0.2) is 53.8 Å². The minimum atomic E-state index is -0.442. The van der Waals surface area contributed by atoms with E-state index in [1.807, 2.05) is 17.5 Å². The summed E-state index contributed by atoms with van der Waals surface area (Å²) in [7, 11) is 3.11. The molecule has 0 spiro atoms. The molecule has 1 saturated heterocycles. The summed E-state index contributed by atoms with van der Waals surface area (Å²) in [5.74, 6) is 0.256. The molecule has 5 rings (SSSR count). The standard InChI is InChI=1S/C18H19N5O3S.C6H8S/c1-21-16(24)15-13(5-10-27-15)20-18(21)23-8-6-22(7-9-23)12-3-4-14(19-11-12)17(25)26-2;1-5-3-4-7-6(5)2/h3-5,10-11H,6-9H2,1-2H3;3-4H,1-2H3. The van der Waals surface area contributed by atoms with Crippen LogP contribution in [0.25, 0.3) is 10.2 Å². The lowest BCUT2D eigenvalue weighted by molar-refractivity contribution is 0.0594. The van der Waals surface area contributed by atoms with Gasteiger partial charge in [-0.25, -0.2) is 14.8 Å². The highest BCUT2D eigenvalue weighted by Crippen LogP contribution is 2.21. The zero-order chi connectivity index (χ0) is 24.2. The fourth-order valence-electron chi connectivity index (χ4n) is 3.67. The van der Waals surface area contributed by atoms with Crippen LogP contribution in [-0.2, 0) is 11.8 Å². The lowest BCUT2D eigenvalue weighted by atomic mass is 10.2. The number of hydrogen-bond acceptors (Lipinski definition) is 9. The molecule has 1 fully saturated rings. The molecule has 4 aromatic rings. The highest BCUT2D eigenvalue weighted by Gasteiger charge is 2.22. The number of pyridine rings is 1. The van der Waals surface area contributed by atoms with Crippen LogP contribution in [0.3, 0.4) is 0 Å². The first-order valence-corrected chi connectivity index (χ1v) is 12.6. The summed E-state index contributed by atoms with van der Waals surface area (Å²) in [6, 6.07) is 7.57. The number of nitrogens with zero attached hydrogens (tertiary/aromatic N) is 5. The van der Waals surface area contributed by atoms with Gasteiger partial charge in [0.05, 0.1) is 24.5 Å². The van der Waals surface area contributed by atoms with Gasteiger partial charge < -0.3 is 14.5 Å². The molecule has 0 N–H and O–H groups in total. The molecule has 0 bridgehead atoms. The molecule has 0 aliphatic carbocycles. The van der Waals surface area contributed by atoms with Crippen molar-refractivity contribution in [3.63, 3.8) is 0 Å². The van der Waals surface area contributed by atoms with Crippen molar-refractivity contribution in [2.45, 2.75) is 13.8 Å². The highest BCUT2D eigenvalue weighted by atomic mass is 32.1. The molecule has 4 aromatic heterocycles. The highest BCUT2D eigenvalue weighted by molar-refractivity contribution is 7.17. The number of thiophene rings is 2. The van der Waals surface area contributed by atoms with Crippen molar-refractivity contribution >= 4 is 50.5 Å². The van der Waals surface area contributed by atoms with E-state index in [9.17, 15) is 9.59 Å². The average molecular weight is 498 g/mol. The van der Waals surface area contributed by atoms with E-state index in [4.69, 9.17) is 0 Å². The van der Waals surface area contributed by atoms with Crippen molar-refractivity contribution in [3.8, 4) is 0 Å². The Balaban J connectivity index is 0.000000336. The van der Waals surface area contributed by atoms with Gasteiger partial charge >= 0.3 is 5.97 Å². The molecule has 0 aromatic carbocycles. The largest absolute Gasteiger partial charge is 0.464 e. The van der Waals surface area contributed by atoms with Gasteiger partial charge in [0.25, 0.3) is 5.56 Å². The predicted molar refractivity (Wildman–Crippen MR) is 139 cm³/mol. The summed E-state index contributed by atoms with van der Waals surface area (Å²) in [5, 5.41) is 4.01. The number of piperazine rings is 1. The Labute approximate surface area is 206 Å². The Kier molecular flexibility index (Phi) is 7.28. The molecule has 0 atom stereocenters. The van der Waals surface area contributed by atoms with Gasteiger partial charge in [-0.3, -0.25) is 9.36 Å². The molecule has 8 nitrogen and oxygen atoms in total. The minimum absolute atomic E-state index is 0.00460. The monoisotopic (exact) mass is 497 g/mol. The molecule has 0 unspecified atom stereocenters. The molecular weight excluding hydrogens is 470 g/mol. The van der Waals surface area contributed by atoms with E-state index < -0.39 is 5.97 Å². The van der Waals surface area contributed by atoms with Gasteiger partial charge in [-0.1, -0.05) is 0 Å². The number of fused-ring (bicyclic) bond motifs is 1. The second-order valence-electron chi connectivity index (χ2n) is 7.94. The van der Waals surface area contributed by atoms with Gasteiger partial charge in [0.1, 0.15) is 10.4 Å². The van der Waals surface area contributed by atoms with E-state index in [1.165, 1.54) is 28.9 Å². The fourth-order valence-corrected chi connectivity index (χ4v) is 5.21. The number of carbonyl (C=O) groups is 1. The Morgan fingerprint density at radius 2 is 1.71 bits per heavy atom. The molecule has 0 amide bonds. The predicted octanol–water partition coefficient (Wildman–Crippen LogP) is 3.87. The Bertz CT molecular complexity index is 1320. The molecule has 10 heteroatoms. The number of methoxy groups -OCH3 is 1. The zero-order valence-corrected chi connectivity index (χ0v) is 21.3. The number of aromatic nitrogens is 3. The summed E-state index contributed by atoms with van der Waals surface area (Å²) in [5.41, 5.74) is 3.41. The van der Waals surface area contributed by atoms with Gasteiger partial charge in [0, 0.05) is 38.1 Å². The maximum Gasteiger partial charge on any atom is 0.356 e. The van der Waals surface area contributed by atoms with Gasteiger partial charge in [-0.15, -0.1) is 22.7 Å². The number of hydrogen-bond donors (Lipinski definition) is 0. The number of anilines is 2. The maximum absolute atomic E-state index is 12.5. The van der Waals surface area contributed by atoms with Crippen LogP contribution in [0.5, 0.6) is 0 Å². The van der Waals surface area contributed by atoms with Crippen molar-refractivity contribution in [1.29, 1.82) is 0 Å². The molecule has 5 heterocycles. The topological polar surface area (TPSA) is 80.6 Å². The number of esters is 1. The third-order valence-electron chi connectivity index (χ3n) is 5.85. The van der Waals surface area contributed by atoms with E-state index in [0.29, 0.717) is 16.3 Å². The van der Waals surface area contributed by atoms with Crippen LogP contribution in [0.15, 0.2) is 46.0 Å². The summed E-state index contributed by atoms with van der Waals surface area (Å²) in [6.07, 6.45) is 1.69. The third-order valence-corrected chi connectivity index (χ3v) is 7.69. The summed E-state index contributed by atoms with van der Waals surface area (Å²) in [4.78, 5) is 38.6. The molecular formula is C24H27N5O3S2. The van der Waals surface area contributed by atoms with Crippen LogP contribution in [0.4, 0.5) is 11.6 Å². The van der Waals surface area contributed by atoms with Crippen molar-refractivity contribution in [3.05, 3.63) is 67.7 Å². The Hall–Kier alpha value is -3.24. The lowest BCUT2D eigenvalue weighted by Crippen LogP contribution is -2.48. The fraction of sp³-hybridized carbons (Fsp3) is 0.333. The quantitative estimate of drug-likeness (QED) is 0.398. The lowest BCUT2D eigenvalue weighted by Gasteiger charge is -2.36. The minimum Gasteiger partial charge on any atom is -0.464 e. The van der Waals surface area contributed by atoms with Crippen molar-refractivity contribution in [1.82, 2.24) is 14.5 Å². The Morgan fingerprint density at radius 1 is 1.00 bits per heavy atom. The van der Waals surface area contributed by atoms with E-state index in [-0.39, 0.29) is 5.56 Å². The molecule has 1 aliphatic rings. The first-order valence-electron chi connectivity index (χ1n) is 10.9. The molecule has 34 heavy (non-hydrogen) atoms. The third kappa shape index (κ3) is 4.97. The smallest absolute Gasteiger partial charge is 0.356 e. The van der Waals surface area contributed by atoms with Gasteiger partial charge in [-0.2, -0.15) is 0 Å². The molecule has 0 radical (unpaired) electrons. The van der Waals surface area contributed by atoms with Crippen LogP contribution >= 0.6 is 22.7 Å². The molecule has 1 aliphatic heterocycles. The van der Waals surface area contributed by atoms with Crippen molar-refractivity contribution in [2.24, 2.45) is 7.05 Å². The second kappa shape index (κ2) is 10.4. The van der Waals surface area contributed by atoms with Gasteiger partial charge in [0.2, 0.25) is 5.95 Å². The number of rotatable bonds is 3. The second-order valence-corrected chi connectivity index (χ2v) is 9.97.